The van der Waals surface area contributed by atoms with E-state index in [4.69, 9.17) is 0 Å². The van der Waals surface area contributed by atoms with Crippen molar-refractivity contribution in [1.82, 2.24) is 0 Å². The van der Waals surface area contributed by atoms with Crippen molar-refractivity contribution in [3.63, 3.8) is 0 Å². The largest absolute Gasteiger partial charge is 0.385 e. The average molecular weight is 310 g/mol. The zero-order valence-corrected chi connectivity index (χ0v) is 13.3. The number of rotatable bonds is 3. The highest BCUT2D eigenvalue weighted by molar-refractivity contribution is 9.10. The van der Waals surface area contributed by atoms with Gasteiger partial charge in [-0.1, -0.05) is 35.7 Å². The summed E-state index contributed by atoms with van der Waals surface area (Å²) in [4.78, 5) is 0. The highest BCUT2D eigenvalue weighted by atomic mass is 79.9. The van der Waals surface area contributed by atoms with Crippen LogP contribution in [0.1, 0.15) is 43.7 Å². The predicted octanol–water partition coefficient (Wildman–Crippen LogP) is 5.30. The van der Waals surface area contributed by atoms with E-state index in [1.54, 1.807) is 0 Å². The first-order valence-corrected chi connectivity index (χ1v) is 7.86. The van der Waals surface area contributed by atoms with Crippen LogP contribution in [0.3, 0.4) is 0 Å². The maximum atomic E-state index is 3.62. The monoisotopic (exact) mass is 309 g/mol. The highest BCUT2D eigenvalue weighted by Crippen LogP contribution is 2.29. The van der Waals surface area contributed by atoms with Crippen LogP contribution in [0.15, 0.2) is 16.6 Å². The molecular weight excluding hydrogens is 286 g/mol. The van der Waals surface area contributed by atoms with Crippen LogP contribution in [0.25, 0.3) is 0 Å². The number of benzene rings is 1. The number of aryl methyl sites for hydroxylation is 2. The van der Waals surface area contributed by atoms with Crippen LogP contribution in [0.4, 0.5) is 5.69 Å². The van der Waals surface area contributed by atoms with Crippen LogP contribution >= 0.6 is 15.9 Å². The fraction of sp³-hybridized carbons (Fsp3) is 0.625. The van der Waals surface area contributed by atoms with Crippen LogP contribution in [0.2, 0.25) is 0 Å². The van der Waals surface area contributed by atoms with Crippen LogP contribution in [0, 0.1) is 25.7 Å². The number of hydrogen-bond acceptors (Lipinski definition) is 1. The van der Waals surface area contributed by atoms with E-state index in [9.17, 15) is 0 Å². The normalized spacial score (nSPS) is 24.0. The van der Waals surface area contributed by atoms with E-state index in [1.807, 2.05) is 0 Å². The zero-order valence-electron chi connectivity index (χ0n) is 11.7. The molecular formula is C16H24BrN. The molecule has 18 heavy (non-hydrogen) atoms. The van der Waals surface area contributed by atoms with E-state index in [0.717, 1.165) is 18.4 Å². The average Bonchev–Trinajstić information content (AvgIpc) is 2.35. The summed E-state index contributed by atoms with van der Waals surface area (Å²) < 4.78 is 1.24. The molecule has 1 aliphatic rings. The van der Waals surface area contributed by atoms with Crippen molar-refractivity contribution in [3.8, 4) is 0 Å². The first-order chi connectivity index (χ1) is 8.56. The van der Waals surface area contributed by atoms with Gasteiger partial charge < -0.3 is 5.32 Å². The molecule has 0 bridgehead atoms. The SMILES string of the molecule is Cc1cc(NCC2CCC(C)CC2)cc(C)c1Br. The molecule has 0 unspecified atom stereocenters. The molecule has 0 heterocycles. The van der Waals surface area contributed by atoms with Crippen molar-refractivity contribution in [1.29, 1.82) is 0 Å². The Bertz CT molecular complexity index is 383. The number of halogens is 1. The van der Waals surface area contributed by atoms with E-state index in [0.29, 0.717) is 0 Å². The smallest absolute Gasteiger partial charge is 0.0346 e. The summed E-state index contributed by atoms with van der Waals surface area (Å²) in [7, 11) is 0. The lowest BCUT2D eigenvalue weighted by molar-refractivity contribution is 0.300. The Morgan fingerprint density at radius 3 is 2.22 bits per heavy atom. The number of anilines is 1. The Balaban J connectivity index is 1.90. The van der Waals surface area contributed by atoms with E-state index in [-0.39, 0.29) is 0 Å². The molecule has 1 aromatic carbocycles. The molecule has 0 radical (unpaired) electrons. The summed E-state index contributed by atoms with van der Waals surface area (Å²) in [5, 5.41) is 3.62. The molecule has 0 saturated heterocycles. The molecule has 0 aromatic heterocycles. The second kappa shape index (κ2) is 6.10. The standard InChI is InChI=1S/C16H24BrN/c1-11-4-6-14(7-5-11)10-18-15-8-12(2)16(17)13(3)9-15/h8-9,11,14,18H,4-7,10H2,1-3H3. The fourth-order valence-corrected chi connectivity index (χ4v) is 3.07. The molecule has 0 aliphatic heterocycles. The molecule has 1 aliphatic carbocycles. The molecule has 1 aromatic rings. The highest BCUT2D eigenvalue weighted by Gasteiger charge is 2.17. The molecule has 2 rings (SSSR count). The van der Waals surface area contributed by atoms with Gasteiger partial charge >= 0.3 is 0 Å². The van der Waals surface area contributed by atoms with Gasteiger partial charge in [-0.15, -0.1) is 0 Å². The summed E-state index contributed by atoms with van der Waals surface area (Å²) in [5.41, 5.74) is 3.90. The Morgan fingerprint density at radius 1 is 1.11 bits per heavy atom. The van der Waals surface area contributed by atoms with E-state index in [2.05, 4.69) is 54.2 Å². The maximum absolute atomic E-state index is 3.62. The third kappa shape index (κ3) is 3.50. The van der Waals surface area contributed by atoms with Crippen molar-refractivity contribution in [3.05, 3.63) is 27.7 Å². The van der Waals surface area contributed by atoms with Crippen LogP contribution < -0.4 is 5.32 Å². The third-order valence-corrected chi connectivity index (χ3v) is 5.42. The van der Waals surface area contributed by atoms with Gasteiger partial charge in [0.15, 0.2) is 0 Å². The minimum Gasteiger partial charge on any atom is -0.385 e. The van der Waals surface area contributed by atoms with Crippen LogP contribution in [0.5, 0.6) is 0 Å². The van der Waals surface area contributed by atoms with Crippen molar-refractivity contribution in [2.75, 3.05) is 11.9 Å². The molecule has 100 valence electrons. The Hall–Kier alpha value is -0.500. The summed E-state index contributed by atoms with van der Waals surface area (Å²) in [6.45, 7) is 7.83. The van der Waals surface area contributed by atoms with Gasteiger partial charge in [0.25, 0.3) is 0 Å². The van der Waals surface area contributed by atoms with Crippen molar-refractivity contribution in [2.45, 2.75) is 46.5 Å². The summed E-state index contributed by atoms with van der Waals surface area (Å²) in [6.07, 6.45) is 5.60. The lowest BCUT2D eigenvalue weighted by atomic mass is 9.83. The minimum absolute atomic E-state index is 0.866. The first kappa shape index (κ1) is 13.9. The molecule has 1 fully saturated rings. The number of hydrogen-bond donors (Lipinski definition) is 1. The summed E-state index contributed by atoms with van der Waals surface area (Å²) in [5.74, 6) is 1.81. The second-order valence-electron chi connectivity index (χ2n) is 5.93. The van der Waals surface area contributed by atoms with Gasteiger partial charge in [-0.25, -0.2) is 0 Å². The van der Waals surface area contributed by atoms with Crippen molar-refractivity contribution in [2.24, 2.45) is 11.8 Å². The Morgan fingerprint density at radius 2 is 1.67 bits per heavy atom. The number of nitrogens with one attached hydrogen (secondary N) is 1. The molecule has 1 nitrogen and oxygen atoms in total. The Kier molecular flexibility index (Phi) is 4.71. The van der Waals surface area contributed by atoms with Gasteiger partial charge in [0.2, 0.25) is 0 Å². The molecule has 0 atom stereocenters. The Labute approximate surface area is 119 Å². The van der Waals surface area contributed by atoms with E-state index in [1.165, 1.54) is 47.0 Å². The first-order valence-electron chi connectivity index (χ1n) is 7.07. The lowest BCUT2D eigenvalue weighted by Crippen LogP contribution is -2.20. The molecule has 0 amide bonds. The van der Waals surface area contributed by atoms with Gasteiger partial charge in [0.1, 0.15) is 0 Å². The quantitative estimate of drug-likeness (QED) is 0.798. The van der Waals surface area contributed by atoms with E-state index >= 15 is 0 Å². The summed E-state index contributed by atoms with van der Waals surface area (Å²) in [6, 6.07) is 4.48. The van der Waals surface area contributed by atoms with Crippen molar-refractivity contribution >= 4 is 21.6 Å². The van der Waals surface area contributed by atoms with Crippen molar-refractivity contribution < 1.29 is 0 Å². The third-order valence-electron chi connectivity index (χ3n) is 4.17. The van der Waals surface area contributed by atoms with Crippen LogP contribution in [-0.2, 0) is 0 Å². The second-order valence-corrected chi connectivity index (χ2v) is 6.72. The van der Waals surface area contributed by atoms with E-state index < -0.39 is 0 Å². The molecule has 1 N–H and O–H groups in total. The lowest BCUT2D eigenvalue weighted by Gasteiger charge is -2.26. The van der Waals surface area contributed by atoms with Gasteiger partial charge in [-0.3, -0.25) is 0 Å². The molecule has 1 saturated carbocycles. The van der Waals surface area contributed by atoms with Gasteiger partial charge in [-0.05, 0) is 61.8 Å². The maximum Gasteiger partial charge on any atom is 0.0346 e. The topological polar surface area (TPSA) is 12.0 Å². The summed E-state index contributed by atoms with van der Waals surface area (Å²) >= 11 is 3.62. The van der Waals surface area contributed by atoms with Gasteiger partial charge in [0, 0.05) is 16.7 Å². The van der Waals surface area contributed by atoms with Gasteiger partial charge in [-0.2, -0.15) is 0 Å². The zero-order chi connectivity index (χ0) is 13.1. The van der Waals surface area contributed by atoms with Crippen LogP contribution in [-0.4, -0.2) is 6.54 Å². The predicted molar refractivity (Wildman–Crippen MR) is 83.2 cm³/mol. The minimum atomic E-state index is 0.866. The molecule has 0 spiro atoms. The molecule has 2 heteroatoms. The fourth-order valence-electron chi connectivity index (χ4n) is 2.84. The van der Waals surface area contributed by atoms with Gasteiger partial charge in [0.05, 0.1) is 0 Å².